The van der Waals surface area contributed by atoms with Crippen molar-refractivity contribution in [3.05, 3.63) is 18.2 Å². The van der Waals surface area contributed by atoms with Gasteiger partial charge in [0.15, 0.2) is 0 Å². The Balaban J connectivity index is 2.33. The van der Waals surface area contributed by atoms with Crippen molar-refractivity contribution in [1.82, 2.24) is 0 Å². The molecule has 19 heavy (non-hydrogen) atoms. The van der Waals surface area contributed by atoms with Crippen LogP contribution in [-0.2, 0) is 0 Å². The first kappa shape index (κ1) is 14.0. The Kier molecular flexibility index (Phi) is 4.23. The van der Waals surface area contributed by atoms with Crippen molar-refractivity contribution in [2.24, 2.45) is 0 Å². The van der Waals surface area contributed by atoms with Gasteiger partial charge in [0.05, 0.1) is 17.5 Å². The van der Waals surface area contributed by atoms with Crippen molar-refractivity contribution in [2.75, 3.05) is 10.6 Å². The lowest BCUT2D eigenvalue weighted by Crippen LogP contribution is -2.34. The number of para-hydroxylation sites is 1. The Morgan fingerprint density at radius 2 is 2.11 bits per heavy atom. The van der Waals surface area contributed by atoms with Crippen LogP contribution in [0.3, 0.4) is 0 Å². The summed E-state index contributed by atoms with van der Waals surface area (Å²) in [4.78, 5) is 2.47. The highest BCUT2D eigenvalue weighted by Crippen LogP contribution is 2.39. The molecule has 2 rings (SSSR count). The molecule has 1 aliphatic rings. The summed E-state index contributed by atoms with van der Waals surface area (Å²) in [7, 11) is 0. The number of anilines is 2. The van der Waals surface area contributed by atoms with Crippen molar-refractivity contribution in [2.45, 2.75) is 65.1 Å². The fraction of sp³-hybridized carbons (Fsp3) is 0.625. The molecule has 0 saturated carbocycles. The second kappa shape index (κ2) is 5.72. The first-order valence-electron chi connectivity index (χ1n) is 7.38. The lowest BCUT2D eigenvalue weighted by atomic mass is 10.1. The topological polar surface area (TPSA) is 38.5 Å². The number of nitrogen functional groups attached to an aromatic ring is 1. The van der Waals surface area contributed by atoms with Crippen LogP contribution in [0.4, 0.5) is 11.4 Å². The van der Waals surface area contributed by atoms with Gasteiger partial charge < -0.3 is 15.4 Å². The van der Waals surface area contributed by atoms with E-state index in [1.165, 1.54) is 19.3 Å². The highest BCUT2D eigenvalue weighted by atomic mass is 16.5. The van der Waals surface area contributed by atoms with E-state index < -0.39 is 0 Å². The first-order chi connectivity index (χ1) is 9.04. The van der Waals surface area contributed by atoms with Gasteiger partial charge in [-0.25, -0.2) is 0 Å². The van der Waals surface area contributed by atoms with E-state index in [-0.39, 0.29) is 6.10 Å². The summed E-state index contributed by atoms with van der Waals surface area (Å²) in [5, 5.41) is 0. The molecule has 0 bridgehead atoms. The van der Waals surface area contributed by atoms with Crippen LogP contribution in [0.15, 0.2) is 18.2 Å². The van der Waals surface area contributed by atoms with Crippen LogP contribution < -0.4 is 15.4 Å². The van der Waals surface area contributed by atoms with Crippen molar-refractivity contribution in [1.29, 1.82) is 0 Å². The minimum Gasteiger partial charge on any atom is -0.489 e. The van der Waals surface area contributed by atoms with Gasteiger partial charge in [-0.05, 0) is 52.2 Å². The van der Waals surface area contributed by atoms with E-state index >= 15 is 0 Å². The molecule has 0 aromatic heterocycles. The maximum Gasteiger partial charge on any atom is 0.144 e. The molecule has 0 amide bonds. The predicted molar refractivity (Wildman–Crippen MR) is 81.9 cm³/mol. The molecule has 1 fully saturated rings. The first-order valence-corrected chi connectivity index (χ1v) is 7.38. The Morgan fingerprint density at radius 1 is 1.37 bits per heavy atom. The molecule has 0 radical (unpaired) electrons. The number of nitrogens with zero attached hydrogens (tertiary/aromatic N) is 1. The van der Waals surface area contributed by atoms with Gasteiger partial charge >= 0.3 is 0 Å². The van der Waals surface area contributed by atoms with Gasteiger partial charge in [0.2, 0.25) is 0 Å². The minimum atomic E-state index is 0.149. The second-order valence-electron chi connectivity index (χ2n) is 5.75. The van der Waals surface area contributed by atoms with E-state index in [9.17, 15) is 0 Å². The Morgan fingerprint density at radius 3 is 2.74 bits per heavy atom. The molecule has 3 nitrogen and oxygen atoms in total. The van der Waals surface area contributed by atoms with Crippen LogP contribution in [-0.4, -0.2) is 18.2 Å². The zero-order valence-corrected chi connectivity index (χ0v) is 12.5. The van der Waals surface area contributed by atoms with Crippen LogP contribution in [0.2, 0.25) is 0 Å². The van der Waals surface area contributed by atoms with Crippen LogP contribution in [0.25, 0.3) is 0 Å². The van der Waals surface area contributed by atoms with Gasteiger partial charge in [-0.3, -0.25) is 0 Å². The molecule has 1 aromatic carbocycles. The maximum absolute atomic E-state index is 6.32. The third-order valence-electron chi connectivity index (χ3n) is 3.94. The Labute approximate surface area is 116 Å². The van der Waals surface area contributed by atoms with E-state index in [2.05, 4.69) is 24.8 Å². The summed E-state index contributed by atoms with van der Waals surface area (Å²) in [5.41, 5.74) is 8.24. The Hall–Kier alpha value is -1.38. The molecular formula is C16H26N2O. The van der Waals surface area contributed by atoms with Crippen LogP contribution in [0.1, 0.15) is 47.0 Å². The molecule has 2 unspecified atom stereocenters. The quantitative estimate of drug-likeness (QED) is 0.838. The molecule has 0 spiro atoms. The molecular weight excluding hydrogens is 236 g/mol. The maximum atomic E-state index is 6.32. The van der Waals surface area contributed by atoms with E-state index in [1.54, 1.807) is 0 Å². The van der Waals surface area contributed by atoms with Crippen molar-refractivity contribution in [3.63, 3.8) is 0 Å². The molecule has 0 aliphatic carbocycles. The molecule has 1 heterocycles. The summed E-state index contributed by atoms with van der Waals surface area (Å²) in [6, 6.07) is 7.28. The van der Waals surface area contributed by atoms with Gasteiger partial charge in [0.1, 0.15) is 5.75 Å². The van der Waals surface area contributed by atoms with Crippen molar-refractivity contribution >= 4 is 11.4 Å². The summed E-state index contributed by atoms with van der Waals surface area (Å²) in [6.07, 6.45) is 3.81. The SMILES string of the molecule is CCC1CCC(C)N1c1cccc(OC(C)C)c1N. The van der Waals surface area contributed by atoms with Gasteiger partial charge in [0.25, 0.3) is 0 Å². The molecule has 3 heteroatoms. The van der Waals surface area contributed by atoms with Gasteiger partial charge in [0, 0.05) is 12.1 Å². The molecule has 1 aromatic rings. The van der Waals surface area contributed by atoms with Crippen LogP contribution in [0, 0.1) is 0 Å². The Bertz CT molecular complexity index is 431. The fourth-order valence-electron chi connectivity index (χ4n) is 3.02. The average molecular weight is 262 g/mol. The summed E-state index contributed by atoms with van der Waals surface area (Å²) >= 11 is 0. The van der Waals surface area contributed by atoms with E-state index in [0.29, 0.717) is 12.1 Å². The largest absolute Gasteiger partial charge is 0.489 e. The normalized spacial score (nSPS) is 23.1. The van der Waals surface area contributed by atoms with E-state index in [4.69, 9.17) is 10.5 Å². The van der Waals surface area contributed by atoms with Crippen LogP contribution >= 0.6 is 0 Å². The van der Waals surface area contributed by atoms with Gasteiger partial charge in [-0.1, -0.05) is 13.0 Å². The highest BCUT2D eigenvalue weighted by molar-refractivity contribution is 5.75. The van der Waals surface area contributed by atoms with Gasteiger partial charge in [-0.15, -0.1) is 0 Å². The average Bonchev–Trinajstić information content (AvgIpc) is 2.73. The number of hydrogen-bond donors (Lipinski definition) is 1. The predicted octanol–water partition coefficient (Wildman–Crippen LogP) is 3.82. The molecule has 1 saturated heterocycles. The summed E-state index contributed by atoms with van der Waals surface area (Å²) < 4.78 is 5.80. The summed E-state index contributed by atoms with van der Waals surface area (Å²) in [5.74, 6) is 0.807. The molecule has 2 atom stereocenters. The minimum absolute atomic E-state index is 0.149. The number of hydrogen-bond acceptors (Lipinski definition) is 3. The molecule has 2 N–H and O–H groups in total. The molecule has 1 aliphatic heterocycles. The number of rotatable bonds is 4. The smallest absolute Gasteiger partial charge is 0.144 e. The van der Waals surface area contributed by atoms with Crippen LogP contribution in [0.5, 0.6) is 5.75 Å². The zero-order valence-electron chi connectivity index (χ0n) is 12.5. The highest BCUT2D eigenvalue weighted by Gasteiger charge is 2.31. The van der Waals surface area contributed by atoms with E-state index in [1.807, 2.05) is 26.0 Å². The standard InChI is InChI=1S/C16H26N2O/c1-5-13-10-9-12(4)18(13)14-7-6-8-15(16(14)17)19-11(2)3/h6-8,11-13H,5,9-10,17H2,1-4H3. The van der Waals surface area contributed by atoms with Crippen molar-refractivity contribution < 1.29 is 4.74 Å². The number of ether oxygens (including phenoxy) is 1. The lowest BCUT2D eigenvalue weighted by Gasteiger charge is -2.32. The zero-order chi connectivity index (χ0) is 14.0. The second-order valence-corrected chi connectivity index (χ2v) is 5.75. The fourth-order valence-corrected chi connectivity index (χ4v) is 3.02. The molecule has 106 valence electrons. The summed E-state index contributed by atoms with van der Waals surface area (Å²) in [6.45, 7) is 8.59. The van der Waals surface area contributed by atoms with E-state index in [0.717, 1.165) is 17.1 Å². The van der Waals surface area contributed by atoms with Crippen molar-refractivity contribution in [3.8, 4) is 5.75 Å². The van der Waals surface area contributed by atoms with Gasteiger partial charge in [-0.2, -0.15) is 0 Å². The third-order valence-corrected chi connectivity index (χ3v) is 3.94. The monoisotopic (exact) mass is 262 g/mol. The lowest BCUT2D eigenvalue weighted by molar-refractivity contribution is 0.244. The third kappa shape index (κ3) is 2.80. The number of nitrogens with two attached hydrogens (primary N) is 1. The number of benzene rings is 1.